The second-order valence-electron chi connectivity index (χ2n) is 6.06. The van der Waals surface area contributed by atoms with Crippen molar-refractivity contribution in [2.45, 2.75) is 12.1 Å². The van der Waals surface area contributed by atoms with Crippen LogP contribution in [0.3, 0.4) is 0 Å². The van der Waals surface area contributed by atoms with E-state index in [2.05, 4.69) is 25.8 Å². The SMILES string of the molecule is CN1C(=S)NC(c2ccccn2)C1c1cccn1-c1ccc(O)cc1. The molecule has 6 heteroatoms. The van der Waals surface area contributed by atoms with Crippen LogP contribution >= 0.6 is 12.2 Å². The summed E-state index contributed by atoms with van der Waals surface area (Å²) in [6.07, 6.45) is 3.82. The van der Waals surface area contributed by atoms with E-state index in [9.17, 15) is 5.11 Å². The second kappa shape index (κ2) is 6.22. The number of nitrogens with zero attached hydrogens (tertiary/aromatic N) is 3. The number of hydrogen-bond donors (Lipinski definition) is 2. The van der Waals surface area contributed by atoms with Crippen LogP contribution in [0.1, 0.15) is 23.5 Å². The largest absolute Gasteiger partial charge is 0.508 e. The fraction of sp³-hybridized carbons (Fsp3) is 0.158. The summed E-state index contributed by atoms with van der Waals surface area (Å²) in [6.45, 7) is 0. The number of nitrogens with one attached hydrogen (secondary N) is 1. The first kappa shape index (κ1) is 15.7. The average Bonchev–Trinajstić information content (AvgIpc) is 3.22. The molecule has 1 aliphatic heterocycles. The number of phenols is 1. The summed E-state index contributed by atoms with van der Waals surface area (Å²) in [4.78, 5) is 6.58. The Hall–Kier alpha value is -2.86. The molecule has 1 saturated heterocycles. The fourth-order valence-corrected chi connectivity index (χ4v) is 3.55. The Kier molecular flexibility index (Phi) is 3.89. The summed E-state index contributed by atoms with van der Waals surface area (Å²) < 4.78 is 2.12. The van der Waals surface area contributed by atoms with Crippen LogP contribution in [0.5, 0.6) is 5.75 Å². The lowest BCUT2D eigenvalue weighted by Gasteiger charge is -2.25. The van der Waals surface area contributed by atoms with Gasteiger partial charge < -0.3 is 19.9 Å². The molecule has 5 nitrogen and oxygen atoms in total. The molecule has 2 aromatic heterocycles. The van der Waals surface area contributed by atoms with Crippen molar-refractivity contribution in [2.75, 3.05) is 7.05 Å². The van der Waals surface area contributed by atoms with Crippen molar-refractivity contribution >= 4 is 17.3 Å². The predicted octanol–water partition coefficient (Wildman–Crippen LogP) is 3.18. The van der Waals surface area contributed by atoms with Gasteiger partial charge in [-0.05, 0) is 60.7 Å². The Morgan fingerprint density at radius 1 is 1.08 bits per heavy atom. The van der Waals surface area contributed by atoms with Gasteiger partial charge in [-0.1, -0.05) is 6.07 Å². The van der Waals surface area contributed by atoms with Gasteiger partial charge >= 0.3 is 0 Å². The molecular weight excluding hydrogens is 332 g/mol. The molecule has 25 heavy (non-hydrogen) atoms. The molecule has 1 aromatic carbocycles. The molecule has 126 valence electrons. The number of thiocarbonyl (C=S) groups is 1. The molecule has 2 unspecified atom stereocenters. The third-order valence-electron chi connectivity index (χ3n) is 4.55. The first-order valence-electron chi connectivity index (χ1n) is 8.06. The minimum atomic E-state index is -0.0236. The summed E-state index contributed by atoms with van der Waals surface area (Å²) in [5.41, 5.74) is 3.05. The maximum atomic E-state index is 9.55. The molecule has 1 aliphatic rings. The van der Waals surface area contributed by atoms with E-state index in [4.69, 9.17) is 12.2 Å². The molecule has 4 rings (SSSR count). The summed E-state index contributed by atoms with van der Waals surface area (Å²) in [5.74, 6) is 0.254. The van der Waals surface area contributed by atoms with Crippen LogP contribution in [0, 0.1) is 0 Å². The van der Waals surface area contributed by atoms with Gasteiger partial charge in [0.2, 0.25) is 0 Å². The number of pyridine rings is 1. The highest BCUT2D eigenvalue weighted by Gasteiger charge is 2.39. The van der Waals surface area contributed by atoms with Gasteiger partial charge in [0, 0.05) is 30.8 Å². The van der Waals surface area contributed by atoms with E-state index in [1.807, 2.05) is 49.6 Å². The standard InChI is InChI=1S/C19H18N4OS/c1-22-18(17(21-19(22)25)15-5-2-3-11-20-15)16-6-4-12-23(16)13-7-9-14(24)10-8-13/h2-12,17-18,24H,1H3,(H,21,25). The molecule has 0 aliphatic carbocycles. The van der Waals surface area contributed by atoms with E-state index in [0.29, 0.717) is 5.11 Å². The Labute approximate surface area is 151 Å². The van der Waals surface area contributed by atoms with Crippen molar-refractivity contribution in [3.8, 4) is 11.4 Å². The number of likely N-dealkylation sites (N-methyl/N-ethyl adjacent to an activating group) is 1. The molecular formula is C19H18N4OS. The van der Waals surface area contributed by atoms with Crippen LogP contribution in [0.15, 0.2) is 67.0 Å². The Morgan fingerprint density at radius 2 is 1.88 bits per heavy atom. The van der Waals surface area contributed by atoms with Crippen LogP contribution < -0.4 is 5.32 Å². The molecule has 0 saturated carbocycles. The highest BCUT2D eigenvalue weighted by molar-refractivity contribution is 7.80. The lowest BCUT2D eigenvalue weighted by atomic mass is 10.0. The molecule has 2 atom stereocenters. The molecule has 0 radical (unpaired) electrons. The van der Waals surface area contributed by atoms with Gasteiger partial charge in [-0.2, -0.15) is 0 Å². The summed E-state index contributed by atoms with van der Waals surface area (Å²) in [5, 5.41) is 13.6. The van der Waals surface area contributed by atoms with Gasteiger partial charge in [0.1, 0.15) is 5.75 Å². The molecule has 3 heterocycles. The number of hydrogen-bond acceptors (Lipinski definition) is 3. The van der Waals surface area contributed by atoms with Crippen LogP contribution in [-0.2, 0) is 0 Å². The van der Waals surface area contributed by atoms with Gasteiger partial charge in [-0.3, -0.25) is 4.98 Å². The zero-order valence-corrected chi connectivity index (χ0v) is 14.5. The maximum Gasteiger partial charge on any atom is 0.169 e. The molecule has 0 amide bonds. The average molecular weight is 350 g/mol. The zero-order valence-electron chi connectivity index (χ0n) is 13.7. The number of aromatic hydroxyl groups is 1. The first-order chi connectivity index (χ1) is 12.1. The van der Waals surface area contributed by atoms with Gasteiger partial charge in [-0.15, -0.1) is 0 Å². The van der Waals surface area contributed by atoms with Gasteiger partial charge in [0.25, 0.3) is 0 Å². The van der Waals surface area contributed by atoms with Gasteiger partial charge in [0.15, 0.2) is 5.11 Å². The third-order valence-corrected chi connectivity index (χ3v) is 4.96. The number of aromatic nitrogens is 2. The van der Waals surface area contributed by atoms with Crippen LogP contribution in [0.2, 0.25) is 0 Å². The summed E-state index contributed by atoms with van der Waals surface area (Å²) in [6, 6.07) is 17.2. The monoisotopic (exact) mass is 350 g/mol. The minimum absolute atomic E-state index is 0.0196. The van der Waals surface area contributed by atoms with Crippen LogP contribution in [-0.4, -0.2) is 31.7 Å². The van der Waals surface area contributed by atoms with E-state index in [1.54, 1.807) is 18.3 Å². The molecule has 1 fully saturated rings. The van der Waals surface area contributed by atoms with Crippen LogP contribution in [0.4, 0.5) is 0 Å². The molecule has 0 bridgehead atoms. The Morgan fingerprint density at radius 3 is 2.60 bits per heavy atom. The van der Waals surface area contributed by atoms with E-state index < -0.39 is 0 Å². The number of benzene rings is 1. The van der Waals surface area contributed by atoms with Gasteiger partial charge in [0.05, 0.1) is 17.8 Å². The van der Waals surface area contributed by atoms with E-state index in [-0.39, 0.29) is 17.8 Å². The van der Waals surface area contributed by atoms with Gasteiger partial charge in [-0.25, -0.2) is 0 Å². The normalized spacial score (nSPS) is 19.9. The van der Waals surface area contributed by atoms with Crippen molar-refractivity contribution in [1.29, 1.82) is 0 Å². The fourth-order valence-electron chi connectivity index (χ4n) is 3.31. The first-order valence-corrected chi connectivity index (χ1v) is 8.47. The lowest BCUT2D eigenvalue weighted by Crippen LogP contribution is -2.25. The number of phenolic OH excluding ortho intramolecular Hbond substituents is 1. The van der Waals surface area contributed by atoms with Crippen molar-refractivity contribution in [3.05, 3.63) is 78.4 Å². The molecule has 2 N–H and O–H groups in total. The topological polar surface area (TPSA) is 53.3 Å². The van der Waals surface area contributed by atoms with Crippen LogP contribution in [0.25, 0.3) is 5.69 Å². The molecule has 0 spiro atoms. The highest BCUT2D eigenvalue weighted by atomic mass is 32.1. The van der Waals surface area contributed by atoms with Crippen molar-refractivity contribution in [1.82, 2.24) is 19.8 Å². The number of rotatable bonds is 3. The lowest BCUT2D eigenvalue weighted by molar-refractivity contribution is 0.357. The molecule has 3 aromatic rings. The highest BCUT2D eigenvalue weighted by Crippen LogP contribution is 2.38. The van der Waals surface area contributed by atoms with E-state index in [1.165, 1.54) is 0 Å². The van der Waals surface area contributed by atoms with Crippen molar-refractivity contribution in [2.24, 2.45) is 0 Å². The van der Waals surface area contributed by atoms with Crippen molar-refractivity contribution in [3.63, 3.8) is 0 Å². The summed E-state index contributed by atoms with van der Waals surface area (Å²) >= 11 is 5.49. The third kappa shape index (κ3) is 2.74. The maximum absolute atomic E-state index is 9.55. The van der Waals surface area contributed by atoms with E-state index >= 15 is 0 Å². The predicted molar refractivity (Wildman–Crippen MR) is 101 cm³/mol. The second-order valence-corrected chi connectivity index (χ2v) is 6.44. The summed E-state index contributed by atoms with van der Waals surface area (Å²) in [7, 11) is 2.00. The quantitative estimate of drug-likeness (QED) is 0.711. The minimum Gasteiger partial charge on any atom is -0.508 e. The zero-order chi connectivity index (χ0) is 17.4. The smallest absolute Gasteiger partial charge is 0.169 e. The van der Waals surface area contributed by atoms with Crippen molar-refractivity contribution < 1.29 is 5.11 Å². The Bertz CT molecular complexity index is 891. The Balaban J connectivity index is 1.78. The van der Waals surface area contributed by atoms with E-state index in [0.717, 1.165) is 17.1 Å².